The van der Waals surface area contributed by atoms with Gasteiger partial charge in [-0.25, -0.2) is 4.98 Å². The van der Waals surface area contributed by atoms with E-state index in [9.17, 15) is 4.79 Å². The number of nitrogens with zero attached hydrogens (tertiary/aromatic N) is 4. The first-order chi connectivity index (χ1) is 13.0. The maximum Gasteiger partial charge on any atom is 0.262 e. The van der Waals surface area contributed by atoms with Gasteiger partial charge in [-0.1, -0.05) is 42.4 Å². The Morgan fingerprint density at radius 1 is 1.33 bits per heavy atom. The van der Waals surface area contributed by atoms with Crippen molar-refractivity contribution in [2.75, 3.05) is 0 Å². The van der Waals surface area contributed by atoms with Crippen molar-refractivity contribution in [2.24, 2.45) is 5.92 Å². The molecule has 1 aliphatic carbocycles. The zero-order chi connectivity index (χ0) is 19.0. The Hall–Kier alpha value is -1.86. The highest BCUT2D eigenvalue weighted by atomic mass is 35.5. The second-order valence-corrected chi connectivity index (χ2v) is 8.69. The molecule has 0 radical (unpaired) electrons. The van der Waals surface area contributed by atoms with Gasteiger partial charge < -0.3 is 4.52 Å². The van der Waals surface area contributed by atoms with Crippen LogP contribution in [0.4, 0.5) is 0 Å². The maximum atomic E-state index is 13.0. The zero-order valence-corrected chi connectivity index (χ0v) is 16.9. The molecule has 0 spiro atoms. The molecule has 4 rings (SSSR count). The molecule has 0 amide bonds. The molecule has 6 nitrogen and oxygen atoms in total. The smallest absolute Gasteiger partial charge is 0.262 e. The number of benzene rings is 1. The molecule has 142 valence electrons. The molecule has 0 unspecified atom stereocenters. The third-order valence-corrected chi connectivity index (χ3v) is 5.76. The van der Waals surface area contributed by atoms with Crippen LogP contribution in [0.3, 0.4) is 0 Å². The van der Waals surface area contributed by atoms with Gasteiger partial charge in [-0.05, 0) is 43.4 Å². The van der Waals surface area contributed by atoms with Crippen LogP contribution in [0.15, 0.2) is 32.7 Å². The van der Waals surface area contributed by atoms with Gasteiger partial charge in [0.05, 0.1) is 16.7 Å². The molecule has 0 aliphatic heterocycles. The van der Waals surface area contributed by atoms with E-state index in [1.807, 2.05) is 0 Å². The highest BCUT2D eigenvalue weighted by Gasteiger charge is 2.29. The summed E-state index contributed by atoms with van der Waals surface area (Å²) in [6.45, 7) is 4.92. The van der Waals surface area contributed by atoms with E-state index in [4.69, 9.17) is 21.1 Å². The molecule has 1 fully saturated rings. The molecule has 0 saturated heterocycles. The molecule has 2 aromatic heterocycles. The summed E-state index contributed by atoms with van der Waals surface area (Å²) in [5.74, 6) is 2.80. The van der Waals surface area contributed by atoms with E-state index in [1.165, 1.54) is 11.8 Å². The number of hydrogen-bond acceptors (Lipinski definition) is 6. The van der Waals surface area contributed by atoms with Gasteiger partial charge in [-0.2, -0.15) is 4.98 Å². The van der Waals surface area contributed by atoms with E-state index in [-0.39, 0.29) is 5.56 Å². The Morgan fingerprint density at radius 2 is 2.15 bits per heavy atom. The van der Waals surface area contributed by atoms with Crippen molar-refractivity contribution < 1.29 is 4.52 Å². The number of rotatable bonds is 7. The molecule has 1 saturated carbocycles. The standard InChI is InChI=1S/C19H21ClN4O2S/c1-11(2)7-8-24-18(25)14-6-5-13(20)9-15(14)21-19(24)27-10-16-22-17(26-23-16)12-3-4-12/h5-6,9,11-12H,3-4,7-8,10H2,1-2H3. The fourth-order valence-electron chi connectivity index (χ4n) is 2.82. The van der Waals surface area contributed by atoms with Crippen LogP contribution in [0.1, 0.15) is 50.7 Å². The Labute approximate surface area is 166 Å². The van der Waals surface area contributed by atoms with Crippen LogP contribution in [0.5, 0.6) is 0 Å². The van der Waals surface area contributed by atoms with E-state index in [1.54, 1.807) is 22.8 Å². The minimum absolute atomic E-state index is 0.0356. The largest absolute Gasteiger partial charge is 0.339 e. The molecule has 1 aliphatic rings. The van der Waals surface area contributed by atoms with E-state index in [2.05, 4.69) is 24.0 Å². The fraction of sp³-hybridized carbons (Fsp3) is 0.474. The van der Waals surface area contributed by atoms with Gasteiger partial charge in [0.2, 0.25) is 5.89 Å². The lowest BCUT2D eigenvalue weighted by atomic mass is 10.1. The summed E-state index contributed by atoms with van der Waals surface area (Å²) in [7, 11) is 0. The average Bonchev–Trinajstić information content (AvgIpc) is 3.37. The number of thioether (sulfide) groups is 1. The minimum atomic E-state index is -0.0356. The summed E-state index contributed by atoms with van der Waals surface area (Å²) in [5.41, 5.74) is 0.578. The van der Waals surface area contributed by atoms with Crippen molar-refractivity contribution in [3.63, 3.8) is 0 Å². The van der Waals surface area contributed by atoms with Gasteiger partial charge in [0.1, 0.15) is 0 Å². The normalized spacial score (nSPS) is 14.4. The first kappa shape index (κ1) is 18.5. The summed E-state index contributed by atoms with van der Waals surface area (Å²) < 4.78 is 7.07. The van der Waals surface area contributed by atoms with E-state index < -0.39 is 0 Å². The third kappa shape index (κ3) is 4.19. The fourth-order valence-corrected chi connectivity index (χ4v) is 3.85. The Morgan fingerprint density at radius 3 is 2.89 bits per heavy atom. The van der Waals surface area contributed by atoms with Gasteiger partial charge in [-0.3, -0.25) is 9.36 Å². The molecule has 1 aromatic carbocycles. The van der Waals surface area contributed by atoms with E-state index >= 15 is 0 Å². The van der Waals surface area contributed by atoms with Crippen LogP contribution in [0.2, 0.25) is 5.02 Å². The number of hydrogen-bond donors (Lipinski definition) is 0. The van der Waals surface area contributed by atoms with E-state index in [0.717, 1.165) is 25.2 Å². The quantitative estimate of drug-likeness (QED) is 0.421. The lowest BCUT2D eigenvalue weighted by Gasteiger charge is -2.14. The topological polar surface area (TPSA) is 73.8 Å². The molecule has 0 atom stereocenters. The SMILES string of the molecule is CC(C)CCn1c(SCc2noc(C3CC3)n2)nc2cc(Cl)ccc2c1=O. The van der Waals surface area contributed by atoms with Crippen LogP contribution < -0.4 is 5.56 Å². The van der Waals surface area contributed by atoms with Crippen LogP contribution >= 0.6 is 23.4 Å². The predicted molar refractivity (Wildman–Crippen MR) is 106 cm³/mol. The molecule has 2 heterocycles. The van der Waals surface area contributed by atoms with Crippen molar-refractivity contribution in [3.8, 4) is 0 Å². The van der Waals surface area contributed by atoms with Crippen molar-refractivity contribution in [2.45, 2.75) is 56.5 Å². The predicted octanol–water partition coefficient (Wildman–Crippen LogP) is 4.65. The van der Waals surface area contributed by atoms with Crippen molar-refractivity contribution >= 4 is 34.3 Å². The average molecular weight is 405 g/mol. The summed E-state index contributed by atoms with van der Waals surface area (Å²) in [5, 5.41) is 5.87. The van der Waals surface area contributed by atoms with Gasteiger partial charge in [0.15, 0.2) is 11.0 Å². The molecular formula is C19H21ClN4O2S. The van der Waals surface area contributed by atoms with E-state index in [0.29, 0.717) is 51.0 Å². The molecule has 27 heavy (non-hydrogen) atoms. The number of halogens is 1. The maximum absolute atomic E-state index is 13.0. The van der Waals surface area contributed by atoms with Crippen LogP contribution in [0, 0.1) is 5.92 Å². The lowest BCUT2D eigenvalue weighted by Crippen LogP contribution is -2.24. The summed E-state index contributed by atoms with van der Waals surface area (Å²) in [6.07, 6.45) is 3.15. The Bertz CT molecular complexity index is 1030. The molecule has 8 heteroatoms. The third-order valence-electron chi connectivity index (χ3n) is 4.55. The van der Waals surface area contributed by atoms with Gasteiger partial charge >= 0.3 is 0 Å². The number of fused-ring (bicyclic) bond motifs is 1. The van der Waals surface area contributed by atoms with Gasteiger partial charge in [0.25, 0.3) is 5.56 Å². The lowest BCUT2D eigenvalue weighted by molar-refractivity contribution is 0.375. The van der Waals surface area contributed by atoms with Gasteiger partial charge in [-0.15, -0.1) is 0 Å². The molecule has 3 aromatic rings. The van der Waals surface area contributed by atoms with Crippen LogP contribution in [-0.4, -0.2) is 19.7 Å². The monoisotopic (exact) mass is 404 g/mol. The molecule has 0 N–H and O–H groups in total. The second kappa shape index (κ2) is 7.64. The summed E-state index contributed by atoms with van der Waals surface area (Å²) in [4.78, 5) is 22.2. The zero-order valence-electron chi connectivity index (χ0n) is 15.3. The Kier molecular flexibility index (Phi) is 5.23. The number of aromatic nitrogens is 4. The summed E-state index contributed by atoms with van der Waals surface area (Å²) in [6, 6.07) is 5.20. The van der Waals surface area contributed by atoms with Crippen molar-refractivity contribution in [3.05, 3.63) is 45.3 Å². The van der Waals surface area contributed by atoms with Crippen molar-refractivity contribution in [1.82, 2.24) is 19.7 Å². The highest BCUT2D eigenvalue weighted by molar-refractivity contribution is 7.98. The first-order valence-electron chi connectivity index (χ1n) is 9.16. The van der Waals surface area contributed by atoms with Crippen LogP contribution in [-0.2, 0) is 12.3 Å². The van der Waals surface area contributed by atoms with Crippen molar-refractivity contribution in [1.29, 1.82) is 0 Å². The van der Waals surface area contributed by atoms with Gasteiger partial charge in [0, 0.05) is 17.5 Å². The minimum Gasteiger partial charge on any atom is -0.339 e. The summed E-state index contributed by atoms with van der Waals surface area (Å²) >= 11 is 7.54. The highest BCUT2D eigenvalue weighted by Crippen LogP contribution is 2.39. The Balaban J connectivity index is 1.64. The van der Waals surface area contributed by atoms with Crippen LogP contribution in [0.25, 0.3) is 10.9 Å². The molecule has 0 bridgehead atoms. The first-order valence-corrected chi connectivity index (χ1v) is 10.5. The second-order valence-electron chi connectivity index (χ2n) is 7.31. The molecular weight excluding hydrogens is 384 g/mol.